The number of benzene rings is 1. The van der Waals surface area contributed by atoms with E-state index in [2.05, 4.69) is 10.3 Å². The summed E-state index contributed by atoms with van der Waals surface area (Å²) in [6.07, 6.45) is 5.80. The third-order valence-electron chi connectivity index (χ3n) is 4.86. The smallest absolute Gasteiger partial charge is 0.251 e. The zero-order valence-electron chi connectivity index (χ0n) is 14.4. The molecule has 1 aromatic heterocycles. The Kier molecular flexibility index (Phi) is 5.66. The van der Waals surface area contributed by atoms with Crippen LogP contribution in [0.15, 0.2) is 42.6 Å². The van der Waals surface area contributed by atoms with E-state index in [9.17, 15) is 9.90 Å². The van der Waals surface area contributed by atoms with Crippen LogP contribution in [0, 0.1) is 5.92 Å². The molecule has 1 aliphatic carbocycles. The maximum Gasteiger partial charge on any atom is 0.251 e. The molecule has 1 saturated carbocycles. The molecule has 0 radical (unpaired) electrons. The summed E-state index contributed by atoms with van der Waals surface area (Å²) < 4.78 is 5.41. The van der Waals surface area contributed by atoms with E-state index in [1.165, 1.54) is 0 Å². The van der Waals surface area contributed by atoms with Crippen LogP contribution in [0.1, 0.15) is 36.0 Å². The van der Waals surface area contributed by atoms with Gasteiger partial charge in [0.2, 0.25) is 0 Å². The van der Waals surface area contributed by atoms with Gasteiger partial charge in [0.1, 0.15) is 5.75 Å². The molecule has 0 spiro atoms. The fourth-order valence-corrected chi connectivity index (χ4v) is 3.44. The van der Waals surface area contributed by atoms with Gasteiger partial charge in [0.25, 0.3) is 5.91 Å². The lowest BCUT2D eigenvalue weighted by molar-refractivity contribution is 0.0872. The van der Waals surface area contributed by atoms with Gasteiger partial charge in [0, 0.05) is 35.9 Å². The summed E-state index contributed by atoms with van der Waals surface area (Å²) in [7, 11) is 1.61. The fraction of sp³-hybridized carbons (Fsp3) is 0.400. The zero-order chi connectivity index (χ0) is 17.6. The highest BCUT2D eigenvalue weighted by atomic mass is 16.5. The van der Waals surface area contributed by atoms with Crippen molar-refractivity contribution in [2.24, 2.45) is 5.92 Å². The molecule has 0 aliphatic heterocycles. The Morgan fingerprint density at radius 2 is 2.12 bits per heavy atom. The van der Waals surface area contributed by atoms with E-state index in [0.29, 0.717) is 11.3 Å². The predicted octanol–water partition coefficient (Wildman–Crippen LogP) is 3.04. The van der Waals surface area contributed by atoms with Crippen molar-refractivity contribution >= 4 is 5.91 Å². The van der Waals surface area contributed by atoms with Gasteiger partial charge in [-0.25, -0.2) is 0 Å². The van der Waals surface area contributed by atoms with Gasteiger partial charge in [0.05, 0.1) is 12.8 Å². The van der Waals surface area contributed by atoms with Gasteiger partial charge in [-0.15, -0.1) is 0 Å². The lowest BCUT2D eigenvalue weighted by Crippen LogP contribution is -2.43. The third kappa shape index (κ3) is 3.99. The van der Waals surface area contributed by atoms with Crippen LogP contribution in [-0.2, 0) is 0 Å². The van der Waals surface area contributed by atoms with Crippen molar-refractivity contribution in [1.82, 2.24) is 10.3 Å². The van der Waals surface area contributed by atoms with E-state index in [1.54, 1.807) is 25.4 Å². The number of pyridine rings is 1. The molecule has 132 valence electrons. The van der Waals surface area contributed by atoms with Crippen LogP contribution in [-0.4, -0.2) is 35.8 Å². The highest BCUT2D eigenvalue weighted by molar-refractivity contribution is 5.96. The van der Waals surface area contributed by atoms with Crippen LogP contribution in [0.5, 0.6) is 5.75 Å². The molecule has 2 atom stereocenters. The topological polar surface area (TPSA) is 71.5 Å². The number of methoxy groups -OCH3 is 1. The van der Waals surface area contributed by atoms with E-state index in [1.807, 2.05) is 24.3 Å². The van der Waals surface area contributed by atoms with Gasteiger partial charge in [0.15, 0.2) is 0 Å². The maximum atomic E-state index is 12.7. The first-order chi connectivity index (χ1) is 12.2. The first-order valence-electron chi connectivity index (χ1n) is 8.74. The van der Waals surface area contributed by atoms with Crippen LogP contribution in [0.25, 0.3) is 11.3 Å². The molecule has 2 unspecified atom stereocenters. The summed E-state index contributed by atoms with van der Waals surface area (Å²) in [5.41, 5.74) is 2.13. The third-order valence-corrected chi connectivity index (χ3v) is 4.86. The molecule has 0 saturated heterocycles. The maximum absolute atomic E-state index is 12.7. The number of hydrogen-bond donors (Lipinski definition) is 2. The number of carbonyl (C=O) groups is 1. The minimum absolute atomic E-state index is 0.0339. The van der Waals surface area contributed by atoms with Crippen molar-refractivity contribution in [2.45, 2.75) is 31.7 Å². The Balaban J connectivity index is 1.83. The lowest BCUT2D eigenvalue weighted by Gasteiger charge is -2.30. The minimum Gasteiger partial charge on any atom is -0.496 e. The quantitative estimate of drug-likeness (QED) is 0.878. The largest absolute Gasteiger partial charge is 0.496 e. The molecule has 0 bridgehead atoms. The standard InChI is InChI=1S/C20H24N2O3/c1-25-19-10-9-14(12-16(19)18-8-4-5-11-21-18)20(24)22-17-7-3-2-6-15(17)13-23/h4-5,8-12,15,17,23H,2-3,6-7,13H2,1H3,(H,22,24). The van der Waals surface area contributed by atoms with Gasteiger partial charge in [-0.1, -0.05) is 18.9 Å². The van der Waals surface area contributed by atoms with Crippen molar-refractivity contribution < 1.29 is 14.6 Å². The number of carbonyl (C=O) groups excluding carboxylic acids is 1. The Bertz CT molecular complexity index is 718. The Labute approximate surface area is 148 Å². The highest BCUT2D eigenvalue weighted by Gasteiger charge is 2.26. The molecule has 1 amide bonds. The van der Waals surface area contributed by atoms with Gasteiger partial charge >= 0.3 is 0 Å². The van der Waals surface area contributed by atoms with E-state index < -0.39 is 0 Å². The average Bonchev–Trinajstić information content (AvgIpc) is 2.68. The van der Waals surface area contributed by atoms with Crippen LogP contribution in [0.4, 0.5) is 0 Å². The van der Waals surface area contributed by atoms with Gasteiger partial charge in [-0.3, -0.25) is 9.78 Å². The fourth-order valence-electron chi connectivity index (χ4n) is 3.44. The summed E-state index contributed by atoms with van der Waals surface area (Å²) >= 11 is 0. The average molecular weight is 340 g/mol. The normalized spacial score (nSPS) is 20.1. The number of nitrogens with zero attached hydrogens (tertiary/aromatic N) is 1. The molecule has 1 aromatic carbocycles. The molecule has 25 heavy (non-hydrogen) atoms. The van der Waals surface area contributed by atoms with Crippen molar-refractivity contribution in [3.05, 3.63) is 48.2 Å². The van der Waals surface area contributed by atoms with Crippen LogP contribution in [0.3, 0.4) is 0 Å². The summed E-state index contributed by atoms with van der Waals surface area (Å²) in [6.45, 7) is 0.118. The second kappa shape index (κ2) is 8.12. The second-order valence-electron chi connectivity index (χ2n) is 6.44. The first kappa shape index (κ1) is 17.4. The van der Waals surface area contributed by atoms with Crippen molar-refractivity contribution in [2.75, 3.05) is 13.7 Å². The number of hydrogen-bond acceptors (Lipinski definition) is 4. The molecule has 2 aromatic rings. The number of aromatic nitrogens is 1. The number of nitrogens with one attached hydrogen (secondary N) is 1. The molecule has 1 fully saturated rings. The Hall–Kier alpha value is -2.40. The minimum atomic E-state index is -0.120. The van der Waals surface area contributed by atoms with Crippen LogP contribution < -0.4 is 10.1 Å². The SMILES string of the molecule is COc1ccc(C(=O)NC2CCCCC2CO)cc1-c1ccccn1. The summed E-state index contributed by atoms with van der Waals surface area (Å²) in [5, 5.41) is 12.6. The number of aliphatic hydroxyl groups is 1. The molecule has 5 nitrogen and oxygen atoms in total. The molecule has 2 N–H and O–H groups in total. The zero-order valence-corrected chi connectivity index (χ0v) is 14.4. The van der Waals surface area contributed by atoms with Crippen LogP contribution in [0.2, 0.25) is 0 Å². The lowest BCUT2D eigenvalue weighted by atomic mass is 9.85. The predicted molar refractivity (Wildman–Crippen MR) is 96.5 cm³/mol. The Morgan fingerprint density at radius 3 is 2.84 bits per heavy atom. The summed E-state index contributed by atoms with van der Waals surface area (Å²) in [6, 6.07) is 11.1. The highest BCUT2D eigenvalue weighted by Crippen LogP contribution is 2.30. The van der Waals surface area contributed by atoms with E-state index in [0.717, 1.165) is 36.9 Å². The van der Waals surface area contributed by atoms with Crippen molar-refractivity contribution in [1.29, 1.82) is 0 Å². The van der Waals surface area contributed by atoms with E-state index in [4.69, 9.17) is 4.74 Å². The van der Waals surface area contributed by atoms with Gasteiger partial charge in [-0.2, -0.15) is 0 Å². The molecule has 1 heterocycles. The molecule has 3 rings (SSSR count). The van der Waals surface area contributed by atoms with Gasteiger partial charge in [-0.05, 0) is 43.2 Å². The number of amides is 1. The van der Waals surface area contributed by atoms with Crippen LogP contribution >= 0.6 is 0 Å². The monoisotopic (exact) mass is 340 g/mol. The first-order valence-corrected chi connectivity index (χ1v) is 8.74. The molecular formula is C20H24N2O3. The van der Waals surface area contributed by atoms with E-state index in [-0.39, 0.29) is 24.5 Å². The van der Waals surface area contributed by atoms with Gasteiger partial charge < -0.3 is 15.2 Å². The van der Waals surface area contributed by atoms with E-state index >= 15 is 0 Å². The molecular weight excluding hydrogens is 316 g/mol. The van der Waals surface area contributed by atoms with Crippen molar-refractivity contribution in [3.63, 3.8) is 0 Å². The number of rotatable bonds is 5. The molecule has 1 aliphatic rings. The summed E-state index contributed by atoms with van der Waals surface area (Å²) in [5.74, 6) is 0.706. The summed E-state index contributed by atoms with van der Waals surface area (Å²) in [4.78, 5) is 17.1. The number of ether oxygens (including phenoxy) is 1. The second-order valence-corrected chi connectivity index (χ2v) is 6.44. The Morgan fingerprint density at radius 1 is 1.28 bits per heavy atom. The number of aliphatic hydroxyl groups excluding tert-OH is 1. The van der Waals surface area contributed by atoms with Crippen molar-refractivity contribution in [3.8, 4) is 17.0 Å². The molecule has 5 heteroatoms.